The van der Waals surface area contributed by atoms with Crippen LogP contribution in [0.5, 0.6) is 0 Å². The van der Waals surface area contributed by atoms with Gasteiger partial charge in [0.25, 0.3) is 23.0 Å². The molecular weight excluding hydrogens is 658 g/mol. The molecule has 2 aromatic carbocycles. The van der Waals surface area contributed by atoms with Gasteiger partial charge in [-0.15, -0.1) is 0 Å². The molecule has 0 saturated carbocycles. The van der Waals surface area contributed by atoms with Gasteiger partial charge in [-0.1, -0.05) is 24.3 Å². The highest BCUT2D eigenvalue weighted by molar-refractivity contribution is 5.43. The highest BCUT2D eigenvalue weighted by Crippen LogP contribution is 2.53. The normalized spacial score (nSPS) is 18.9. The molecule has 1 fully saturated rings. The first kappa shape index (κ1) is 40.3. The van der Waals surface area contributed by atoms with Crippen molar-refractivity contribution in [1.82, 2.24) is 0 Å². The molecule has 268 valence electrons. The summed E-state index contributed by atoms with van der Waals surface area (Å²) in [6.45, 7) is -1.00. The summed E-state index contributed by atoms with van der Waals surface area (Å²) < 4.78 is 162. The van der Waals surface area contributed by atoms with Crippen LogP contribution in [0, 0.1) is 0 Å². The number of halogens is 10. The molecule has 4 N–H and O–H groups in total. The minimum absolute atomic E-state index is 0.155. The lowest BCUT2D eigenvalue weighted by atomic mass is 9.86. The van der Waals surface area contributed by atoms with Gasteiger partial charge in [-0.25, -0.2) is 17.6 Å². The van der Waals surface area contributed by atoms with E-state index in [0.717, 1.165) is 61.4 Å². The molecule has 3 rings (SSSR count). The third kappa shape index (κ3) is 9.62. The molecular formula is C30H38F10N2O5. The number of rotatable bonds is 13. The lowest BCUT2D eigenvalue weighted by Gasteiger charge is -2.40. The number of methoxy groups -OCH3 is 1. The number of hydrogen-bond acceptors (Lipinski definition) is 7. The van der Waals surface area contributed by atoms with Gasteiger partial charge in [-0.3, -0.25) is 0 Å². The molecule has 0 bridgehead atoms. The maximum Gasteiger partial charge on any atom is 0.427 e. The molecule has 1 heterocycles. The van der Waals surface area contributed by atoms with Crippen molar-refractivity contribution in [2.45, 2.75) is 74.8 Å². The third-order valence-electron chi connectivity index (χ3n) is 7.12. The van der Waals surface area contributed by atoms with Crippen LogP contribution in [0.3, 0.4) is 0 Å². The average Bonchev–Trinajstić information content (AvgIpc) is 2.95. The Labute approximate surface area is 265 Å². The predicted octanol–water partition coefficient (Wildman–Crippen LogP) is 7.59. The van der Waals surface area contributed by atoms with Gasteiger partial charge in [0.2, 0.25) is 0 Å². The molecule has 0 spiro atoms. The van der Waals surface area contributed by atoms with Crippen LogP contribution >= 0.6 is 0 Å². The van der Waals surface area contributed by atoms with Crippen LogP contribution in [0.1, 0.15) is 44.2 Å². The fraction of sp³-hybridized carbons (Fsp3) is 0.600. The monoisotopic (exact) mass is 696 g/mol. The third-order valence-corrected chi connectivity index (χ3v) is 7.12. The van der Waals surface area contributed by atoms with Crippen molar-refractivity contribution in [3.05, 3.63) is 59.7 Å². The Morgan fingerprint density at radius 1 is 0.638 bits per heavy atom. The molecule has 3 unspecified atom stereocenters. The van der Waals surface area contributed by atoms with E-state index in [1.165, 1.54) is 7.11 Å². The lowest BCUT2D eigenvalue weighted by molar-refractivity contribution is -0.354. The van der Waals surface area contributed by atoms with E-state index in [-0.39, 0.29) is 38.4 Å². The number of benzene rings is 2. The Morgan fingerprint density at radius 2 is 1.04 bits per heavy atom. The molecule has 17 heteroatoms. The fourth-order valence-electron chi connectivity index (χ4n) is 4.85. The molecule has 7 nitrogen and oxygen atoms in total. The van der Waals surface area contributed by atoms with Crippen LogP contribution in [-0.2, 0) is 34.9 Å². The lowest BCUT2D eigenvalue weighted by Crippen LogP contribution is -2.57. The maximum absolute atomic E-state index is 14.2. The topological polar surface area (TPSA) is 98.2 Å². The first-order valence-electron chi connectivity index (χ1n) is 14.2. The molecule has 2 aromatic rings. The van der Waals surface area contributed by atoms with Crippen molar-refractivity contribution in [2.75, 3.05) is 51.6 Å². The smallest absolute Gasteiger partial charge is 0.399 e. The van der Waals surface area contributed by atoms with Gasteiger partial charge < -0.3 is 35.2 Å². The van der Waals surface area contributed by atoms with E-state index in [0.29, 0.717) is 13.0 Å². The zero-order valence-electron chi connectivity index (χ0n) is 25.8. The van der Waals surface area contributed by atoms with Crippen LogP contribution in [0.15, 0.2) is 48.5 Å². The number of ether oxygens (including phenoxy) is 5. The summed E-state index contributed by atoms with van der Waals surface area (Å²) in [5.74, 6) is -8.43. The highest BCUT2D eigenvalue weighted by atomic mass is 19.4. The molecule has 3 atom stereocenters. The number of nitrogens with two attached hydrogens (primary N) is 2. The SMILES string of the molecule is CC(F)(F)C(OCCOC1CCCCO1)(c1ccc(N)cc1)C(F)(F)F.COCCOC(c1ccc(N)cc1)(C(C)(F)F)C(F)(F)F. The molecule has 1 aliphatic heterocycles. The molecule has 0 aromatic heterocycles. The zero-order chi connectivity index (χ0) is 35.7. The van der Waals surface area contributed by atoms with Crippen LogP contribution < -0.4 is 11.5 Å². The summed E-state index contributed by atoms with van der Waals surface area (Å²) in [5.41, 5.74) is 2.15. The number of nitrogen functional groups attached to an aromatic ring is 2. The Morgan fingerprint density at radius 3 is 1.36 bits per heavy atom. The van der Waals surface area contributed by atoms with E-state index < -0.39 is 66.0 Å². The van der Waals surface area contributed by atoms with Crippen molar-refractivity contribution in [3.8, 4) is 0 Å². The molecule has 47 heavy (non-hydrogen) atoms. The van der Waals surface area contributed by atoms with Crippen molar-refractivity contribution in [1.29, 1.82) is 0 Å². The Hall–Kier alpha value is -2.86. The quantitative estimate of drug-likeness (QED) is 0.127. The van der Waals surface area contributed by atoms with E-state index in [1.54, 1.807) is 0 Å². The van der Waals surface area contributed by atoms with E-state index >= 15 is 0 Å². The summed E-state index contributed by atoms with van der Waals surface area (Å²) >= 11 is 0. The van der Waals surface area contributed by atoms with Crippen molar-refractivity contribution < 1.29 is 67.6 Å². The van der Waals surface area contributed by atoms with Gasteiger partial charge in [0.05, 0.1) is 26.4 Å². The Bertz CT molecular complexity index is 1180. The Kier molecular flexibility index (Phi) is 13.7. The molecule has 0 amide bonds. The standard InChI is InChI=1S/C17H22F5NO3.C13H16F5NO2/c1-15(18,19)16(17(20,21)22,12-5-7-13(23)8-6-12)26-11-10-25-14-4-2-3-9-24-14;1-11(14,15)12(13(16,17)18,21-8-7-20-2)9-3-5-10(19)6-4-9/h5-8,14H,2-4,9-11,23H2,1H3;3-6H,7-8,19H2,1-2H3. The maximum atomic E-state index is 14.2. The van der Waals surface area contributed by atoms with Gasteiger partial charge in [0.15, 0.2) is 6.29 Å². The van der Waals surface area contributed by atoms with Crippen LogP contribution in [0.4, 0.5) is 55.3 Å². The van der Waals surface area contributed by atoms with Crippen molar-refractivity contribution in [3.63, 3.8) is 0 Å². The first-order valence-corrected chi connectivity index (χ1v) is 14.2. The van der Waals surface area contributed by atoms with Gasteiger partial charge in [-0.05, 0) is 54.7 Å². The summed E-state index contributed by atoms with van der Waals surface area (Å²) in [6, 6.07) is 8.02. The number of alkyl halides is 10. The molecule has 0 aliphatic carbocycles. The van der Waals surface area contributed by atoms with Gasteiger partial charge >= 0.3 is 12.4 Å². The minimum atomic E-state index is -5.36. The second-order valence-corrected chi connectivity index (χ2v) is 10.7. The summed E-state index contributed by atoms with van der Waals surface area (Å²) in [6.07, 6.45) is -8.88. The van der Waals surface area contributed by atoms with E-state index in [2.05, 4.69) is 9.47 Å². The first-order chi connectivity index (χ1) is 21.6. The minimum Gasteiger partial charge on any atom is -0.399 e. The van der Waals surface area contributed by atoms with Crippen LogP contribution in [-0.4, -0.2) is 70.6 Å². The second kappa shape index (κ2) is 16.0. The summed E-state index contributed by atoms with van der Waals surface area (Å²) in [5, 5.41) is 0. The second-order valence-electron chi connectivity index (χ2n) is 10.7. The zero-order valence-corrected chi connectivity index (χ0v) is 25.8. The Balaban J connectivity index is 0.000000335. The van der Waals surface area contributed by atoms with Gasteiger partial charge in [0.1, 0.15) is 0 Å². The van der Waals surface area contributed by atoms with E-state index in [9.17, 15) is 43.9 Å². The summed E-state index contributed by atoms with van der Waals surface area (Å²) in [4.78, 5) is 0. The van der Waals surface area contributed by atoms with Gasteiger partial charge in [0, 0.05) is 38.9 Å². The number of anilines is 2. The van der Waals surface area contributed by atoms with Crippen LogP contribution in [0.25, 0.3) is 0 Å². The van der Waals surface area contributed by atoms with E-state index in [1.807, 2.05) is 0 Å². The fourth-order valence-corrected chi connectivity index (χ4v) is 4.85. The predicted molar refractivity (Wildman–Crippen MR) is 152 cm³/mol. The van der Waals surface area contributed by atoms with Crippen LogP contribution in [0.2, 0.25) is 0 Å². The van der Waals surface area contributed by atoms with E-state index in [4.69, 9.17) is 25.7 Å². The molecule has 1 saturated heterocycles. The molecule has 0 radical (unpaired) electrons. The van der Waals surface area contributed by atoms with Crippen molar-refractivity contribution in [2.24, 2.45) is 0 Å². The average molecular weight is 697 g/mol. The van der Waals surface area contributed by atoms with Gasteiger partial charge in [-0.2, -0.15) is 26.3 Å². The largest absolute Gasteiger partial charge is 0.427 e. The highest BCUT2D eigenvalue weighted by Gasteiger charge is 2.70. The summed E-state index contributed by atoms with van der Waals surface area (Å²) in [7, 11) is 1.23. The molecule has 1 aliphatic rings. The van der Waals surface area contributed by atoms with Crippen molar-refractivity contribution >= 4 is 11.4 Å². The number of hydrogen-bond donors (Lipinski definition) is 2.